The Labute approximate surface area is 98.0 Å². The van der Waals surface area contributed by atoms with Gasteiger partial charge in [0.25, 0.3) is 0 Å². The van der Waals surface area contributed by atoms with Gasteiger partial charge in [0.05, 0.1) is 12.3 Å². The second-order valence-electron chi connectivity index (χ2n) is 3.78. The van der Waals surface area contributed by atoms with Crippen LogP contribution in [-0.4, -0.2) is 44.4 Å². The molecule has 3 nitrogen and oxygen atoms in total. The van der Waals surface area contributed by atoms with Crippen molar-refractivity contribution in [3.8, 4) is 0 Å². The number of hydrogen-bond acceptors (Lipinski definition) is 3. The quantitative estimate of drug-likeness (QED) is 0.701. The fourth-order valence-electron chi connectivity index (χ4n) is 1.19. The van der Waals surface area contributed by atoms with Crippen LogP contribution in [0.1, 0.15) is 20.3 Å². The van der Waals surface area contributed by atoms with Crippen LogP contribution in [0.2, 0.25) is 0 Å². The van der Waals surface area contributed by atoms with Crippen molar-refractivity contribution < 1.29 is 21.6 Å². The molecule has 98 valence electrons. The van der Waals surface area contributed by atoms with E-state index in [1.807, 2.05) is 0 Å². The molecule has 0 aromatic carbocycles. The third kappa shape index (κ3) is 9.23. The molecule has 0 aliphatic rings. The third-order valence-electron chi connectivity index (χ3n) is 1.95. The lowest BCUT2D eigenvalue weighted by Gasteiger charge is -2.27. The van der Waals surface area contributed by atoms with Gasteiger partial charge in [-0.3, -0.25) is 4.90 Å². The Morgan fingerprint density at radius 2 is 1.81 bits per heavy atom. The molecule has 0 N–H and O–H groups in total. The Hall–Kier alpha value is -0.0100. The second-order valence-corrected chi connectivity index (χ2v) is 6.67. The maximum Gasteiger partial charge on any atom is 0.401 e. The SMILES string of the molecule is CC(C)N(CCCS(=O)(=O)Cl)CC(F)(F)F. The first-order valence-electron chi connectivity index (χ1n) is 4.74. The molecule has 0 saturated heterocycles. The second kappa shape index (κ2) is 6.07. The maximum absolute atomic E-state index is 12.1. The van der Waals surface area contributed by atoms with E-state index < -0.39 is 21.8 Å². The summed E-state index contributed by atoms with van der Waals surface area (Å²) in [6.45, 7) is 2.28. The average molecular weight is 282 g/mol. The Morgan fingerprint density at radius 1 is 1.31 bits per heavy atom. The first kappa shape index (κ1) is 16.0. The topological polar surface area (TPSA) is 37.4 Å². The van der Waals surface area contributed by atoms with Crippen LogP contribution < -0.4 is 0 Å². The minimum absolute atomic E-state index is 0.0587. The molecule has 8 heteroatoms. The number of rotatable bonds is 6. The molecule has 0 radical (unpaired) electrons. The number of nitrogens with zero attached hydrogens (tertiary/aromatic N) is 1. The Kier molecular flexibility index (Phi) is 6.06. The normalized spacial score (nSPS) is 13.8. The molecule has 0 aromatic rings. The number of alkyl halides is 3. The van der Waals surface area contributed by atoms with Gasteiger partial charge in [-0.2, -0.15) is 13.2 Å². The van der Waals surface area contributed by atoms with E-state index in [4.69, 9.17) is 10.7 Å². The highest BCUT2D eigenvalue weighted by atomic mass is 35.7. The van der Waals surface area contributed by atoms with Gasteiger partial charge in [-0.05, 0) is 26.8 Å². The van der Waals surface area contributed by atoms with Crippen LogP contribution in [0.15, 0.2) is 0 Å². The first-order valence-corrected chi connectivity index (χ1v) is 7.22. The Balaban J connectivity index is 4.16. The molecule has 0 unspecified atom stereocenters. The minimum Gasteiger partial charge on any atom is -0.293 e. The van der Waals surface area contributed by atoms with Gasteiger partial charge in [-0.15, -0.1) is 0 Å². The largest absolute Gasteiger partial charge is 0.401 e. The predicted octanol–water partition coefficient (Wildman–Crippen LogP) is 2.22. The van der Waals surface area contributed by atoms with Crippen LogP contribution in [0, 0.1) is 0 Å². The van der Waals surface area contributed by atoms with Gasteiger partial charge in [0.1, 0.15) is 0 Å². The summed E-state index contributed by atoms with van der Waals surface area (Å²) in [5.74, 6) is -0.310. The monoisotopic (exact) mass is 281 g/mol. The zero-order valence-corrected chi connectivity index (χ0v) is 10.7. The Morgan fingerprint density at radius 3 is 2.12 bits per heavy atom. The highest BCUT2D eigenvalue weighted by Crippen LogP contribution is 2.18. The van der Waals surface area contributed by atoms with Gasteiger partial charge in [-0.1, -0.05) is 0 Å². The summed E-state index contributed by atoms with van der Waals surface area (Å²) in [5.41, 5.74) is 0. The molecule has 0 atom stereocenters. The van der Waals surface area contributed by atoms with Crippen LogP contribution in [0.25, 0.3) is 0 Å². The molecule has 0 bridgehead atoms. The molecular formula is C8H15ClF3NO2S. The van der Waals surface area contributed by atoms with E-state index in [9.17, 15) is 21.6 Å². The first-order chi connectivity index (χ1) is 7.01. The molecule has 0 aliphatic heterocycles. The smallest absolute Gasteiger partial charge is 0.293 e. The van der Waals surface area contributed by atoms with Crippen molar-refractivity contribution in [1.82, 2.24) is 4.90 Å². The zero-order chi connectivity index (χ0) is 13.0. The summed E-state index contributed by atoms with van der Waals surface area (Å²) in [7, 11) is 1.34. The summed E-state index contributed by atoms with van der Waals surface area (Å²) < 4.78 is 57.6. The van der Waals surface area contributed by atoms with Gasteiger partial charge in [0, 0.05) is 16.7 Å². The van der Waals surface area contributed by atoms with E-state index in [1.54, 1.807) is 13.8 Å². The summed E-state index contributed by atoms with van der Waals surface area (Å²) in [4.78, 5) is 1.17. The standard InChI is InChI=1S/C8H15ClF3NO2S/c1-7(2)13(6-8(10,11)12)4-3-5-16(9,14)15/h7H,3-6H2,1-2H3. The number of hydrogen-bond donors (Lipinski definition) is 0. The van der Waals surface area contributed by atoms with Gasteiger partial charge in [0.2, 0.25) is 9.05 Å². The lowest BCUT2D eigenvalue weighted by molar-refractivity contribution is -0.149. The van der Waals surface area contributed by atoms with Gasteiger partial charge in [-0.25, -0.2) is 8.42 Å². The van der Waals surface area contributed by atoms with E-state index in [0.29, 0.717) is 0 Å². The molecule has 0 heterocycles. The molecule has 0 amide bonds. The number of halogens is 4. The molecular weight excluding hydrogens is 267 g/mol. The highest BCUT2D eigenvalue weighted by molar-refractivity contribution is 8.13. The van der Waals surface area contributed by atoms with Crippen LogP contribution in [0.3, 0.4) is 0 Å². The van der Waals surface area contributed by atoms with Crippen molar-refractivity contribution in [2.24, 2.45) is 0 Å². The molecule has 0 rings (SSSR count). The van der Waals surface area contributed by atoms with E-state index in [0.717, 1.165) is 0 Å². The summed E-state index contributed by atoms with van der Waals surface area (Å²) in [6, 6.07) is -0.292. The highest BCUT2D eigenvalue weighted by Gasteiger charge is 2.31. The zero-order valence-electron chi connectivity index (χ0n) is 9.09. The van der Waals surface area contributed by atoms with E-state index >= 15 is 0 Å². The van der Waals surface area contributed by atoms with Gasteiger partial charge < -0.3 is 0 Å². The summed E-state index contributed by atoms with van der Waals surface area (Å²) >= 11 is 0. The van der Waals surface area contributed by atoms with Crippen molar-refractivity contribution in [2.75, 3.05) is 18.8 Å². The van der Waals surface area contributed by atoms with E-state index in [1.165, 1.54) is 4.90 Å². The molecule has 16 heavy (non-hydrogen) atoms. The lowest BCUT2D eigenvalue weighted by atomic mass is 10.3. The van der Waals surface area contributed by atoms with Crippen molar-refractivity contribution >= 4 is 19.7 Å². The Bertz CT molecular complexity index is 303. The minimum atomic E-state index is -4.27. The van der Waals surface area contributed by atoms with Crippen LogP contribution >= 0.6 is 10.7 Å². The van der Waals surface area contributed by atoms with Gasteiger partial charge >= 0.3 is 6.18 Å². The van der Waals surface area contributed by atoms with E-state index in [-0.39, 0.29) is 24.8 Å². The van der Waals surface area contributed by atoms with Crippen LogP contribution in [0.5, 0.6) is 0 Å². The fourth-order valence-corrected chi connectivity index (χ4v) is 1.99. The van der Waals surface area contributed by atoms with Crippen LogP contribution in [-0.2, 0) is 9.05 Å². The fraction of sp³-hybridized carbons (Fsp3) is 1.00. The van der Waals surface area contributed by atoms with E-state index in [2.05, 4.69) is 0 Å². The lowest BCUT2D eigenvalue weighted by Crippen LogP contribution is -2.40. The van der Waals surface area contributed by atoms with Crippen molar-refractivity contribution in [3.63, 3.8) is 0 Å². The average Bonchev–Trinajstić information content (AvgIpc) is 1.97. The molecule has 0 fully saturated rings. The summed E-state index contributed by atoms with van der Waals surface area (Å²) in [5, 5.41) is 0. The van der Waals surface area contributed by atoms with Crippen molar-refractivity contribution in [1.29, 1.82) is 0 Å². The predicted molar refractivity (Wildman–Crippen MR) is 57.0 cm³/mol. The molecule has 0 spiro atoms. The van der Waals surface area contributed by atoms with Gasteiger partial charge in [0.15, 0.2) is 0 Å². The van der Waals surface area contributed by atoms with Crippen molar-refractivity contribution in [2.45, 2.75) is 32.5 Å². The van der Waals surface area contributed by atoms with Crippen molar-refractivity contribution in [3.05, 3.63) is 0 Å². The molecule has 0 aliphatic carbocycles. The maximum atomic E-state index is 12.1. The summed E-state index contributed by atoms with van der Waals surface area (Å²) in [6.07, 6.45) is -4.18. The molecule has 0 saturated carbocycles. The van der Waals surface area contributed by atoms with Crippen LogP contribution in [0.4, 0.5) is 13.2 Å². The third-order valence-corrected chi connectivity index (χ3v) is 3.19. The molecule has 0 aromatic heterocycles.